The van der Waals surface area contributed by atoms with Crippen LogP contribution in [0.25, 0.3) is 0 Å². The van der Waals surface area contributed by atoms with Gasteiger partial charge in [0.15, 0.2) is 0 Å². The van der Waals surface area contributed by atoms with Crippen LogP contribution in [0, 0.1) is 6.92 Å². The van der Waals surface area contributed by atoms with Gasteiger partial charge in [-0.15, -0.1) is 0 Å². The fourth-order valence-electron chi connectivity index (χ4n) is 1.13. The SMILES string of the molecule is Cc1cnc(C(=O)Nc2cccnc2)nc1. The van der Waals surface area contributed by atoms with E-state index in [9.17, 15) is 4.79 Å². The molecule has 80 valence electrons. The van der Waals surface area contributed by atoms with Crippen molar-refractivity contribution in [1.29, 1.82) is 0 Å². The first kappa shape index (κ1) is 10.2. The van der Waals surface area contributed by atoms with Gasteiger partial charge in [0.2, 0.25) is 5.82 Å². The zero-order chi connectivity index (χ0) is 11.4. The molecule has 2 aromatic heterocycles. The molecule has 0 saturated carbocycles. The lowest BCUT2D eigenvalue weighted by Gasteiger charge is -2.02. The Balaban J connectivity index is 2.12. The number of hydrogen-bond donors (Lipinski definition) is 1. The van der Waals surface area contributed by atoms with Crippen LogP contribution in [0.5, 0.6) is 0 Å². The van der Waals surface area contributed by atoms with Gasteiger partial charge in [0.05, 0.1) is 11.9 Å². The molecule has 0 fully saturated rings. The Bertz CT molecular complexity index is 481. The van der Waals surface area contributed by atoms with E-state index < -0.39 is 0 Å². The molecular weight excluding hydrogens is 204 g/mol. The maximum atomic E-state index is 11.7. The van der Waals surface area contributed by atoms with Crippen molar-refractivity contribution in [2.24, 2.45) is 0 Å². The van der Waals surface area contributed by atoms with Crippen molar-refractivity contribution in [3.8, 4) is 0 Å². The Hall–Kier alpha value is -2.30. The van der Waals surface area contributed by atoms with Crippen molar-refractivity contribution in [3.63, 3.8) is 0 Å². The van der Waals surface area contributed by atoms with E-state index in [1.165, 1.54) is 0 Å². The minimum atomic E-state index is -0.340. The lowest BCUT2D eigenvalue weighted by Crippen LogP contribution is -2.15. The minimum Gasteiger partial charge on any atom is -0.318 e. The van der Waals surface area contributed by atoms with Crippen LogP contribution < -0.4 is 5.32 Å². The Morgan fingerprint density at radius 3 is 2.62 bits per heavy atom. The standard InChI is InChI=1S/C11H10N4O/c1-8-5-13-10(14-6-8)11(16)15-9-3-2-4-12-7-9/h2-7H,1H3,(H,15,16). The number of pyridine rings is 1. The third kappa shape index (κ3) is 2.38. The summed E-state index contributed by atoms with van der Waals surface area (Å²) in [7, 11) is 0. The number of nitrogens with zero attached hydrogens (tertiary/aromatic N) is 3. The highest BCUT2D eigenvalue weighted by atomic mass is 16.2. The van der Waals surface area contributed by atoms with Crippen LogP contribution in [0.15, 0.2) is 36.9 Å². The first-order valence-electron chi connectivity index (χ1n) is 4.76. The van der Waals surface area contributed by atoms with Gasteiger partial charge in [0.25, 0.3) is 5.91 Å². The first-order chi connectivity index (χ1) is 7.75. The lowest BCUT2D eigenvalue weighted by atomic mass is 10.4. The average Bonchev–Trinajstić information content (AvgIpc) is 2.31. The molecule has 5 heteroatoms. The van der Waals surface area contributed by atoms with Gasteiger partial charge in [-0.3, -0.25) is 9.78 Å². The fourth-order valence-corrected chi connectivity index (χ4v) is 1.13. The number of rotatable bonds is 2. The van der Waals surface area contributed by atoms with Crippen molar-refractivity contribution in [2.75, 3.05) is 5.32 Å². The fraction of sp³-hybridized carbons (Fsp3) is 0.0909. The monoisotopic (exact) mass is 214 g/mol. The molecule has 0 radical (unpaired) electrons. The van der Waals surface area contributed by atoms with Crippen molar-refractivity contribution in [1.82, 2.24) is 15.0 Å². The van der Waals surface area contributed by atoms with Crippen LogP contribution in [-0.4, -0.2) is 20.9 Å². The van der Waals surface area contributed by atoms with Crippen molar-refractivity contribution >= 4 is 11.6 Å². The summed E-state index contributed by atoms with van der Waals surface area (Å²) in [6.07, 6.45) is 6.40. The van der Waals surface area contributed by atoms with Crippen LogP contribution in [-0.2, 0) is 0 Å². The van der Waals surface area contributed by atoms with Crippen molar-refractivity contribution < 1.29 is 4.79 Å². The van der Waals surface area contributed by atoms with Gasteiger partial charge in [-0.2, -0.15) is 0 Å². The highest BCUT2D eigenvalue weighted by Crippen LogP contribution is 2.04. The van der Waals surface area contributed by atoms with Gasteiger partial charge in [0, 0.05) is 18.6 Å². The summed E-state index contributed by atoms with van der Waals surface area (Å²) in [6, 6.07) is 3.49. The number of nitrogens with one attached hydrogen (secondary N) is 1. The molecule has 1 N–H and O–H groups in total. The molecule has 1 amide bonds. The molecule has 0 spiro atoms. The summed E-state index contributed by atoms with van der Waals surface area (Å²) >= 11 is 0. The van der Waals surface area contributed by atoms with E-state index in [2.05, 4.69) is 20.3 Å². The predicted octanol–water partition coefficient (Wildman–Crippen LogP) is 1.43. The van der Waals surface area contributed by atoms with Gasteiger partial charge < -0.3 is 5.32 Å². The molecule has 0 aliphatic heterocycles. The molecule has 2 aromatic rings. The van der Waals surface area contributed by atoms with Gasteiger partial charge in [-0.1, -0.05) is 0 Å². The molecule has 16 heavy (non-hydrogen) atoms. The quantitative estimate of drug-likeness (QED) is 0.821. The molecule has 0 aromatic carbocycles. The molecule has 2 heterocycles. The van der Waals surface area contributed by atoms with Gasteiger partial charge in [-0.25, -0.2) is 9.97 Å². The highest BCUT2D eigenvalue weighted by Gasteiger charge is 2.08. The second-order valence-electron chi connectivity index (χ2n) is 3.28. The summed E-state index contributed by atoms with van der Waals surface area (Å²) in [5.74, 6) is -0.192. The Labute approximate surface area is 92.6 Å². The number of aryl methyl sites for hydroxylation is 1. The number of aromatic nitrogens is 3. The molecule has 0 unspecified atom stereocenters. The molecule has 0 aliphatic rings. The smallest absolute Gasteiger partial charge is 0.293 e. The largest absolute Gasteiger partial charge is 0.318 e. The summed E-state index contributed by atoms with van der Waals surface area (Å²) in [5.41, 5.74) is 1.54. The van der Waals surface area contributed by atoms with E-state index in [-0.39, 0.29) is 11.7 Å². The topological polar surface area (TPSA) is 67.8 Å². The van der Waals surface area contributed by atoms with Crippen LogP contribution >= 0.6 is 0 Å². The average molecular weight is 214 g/mol. The number of carbonyl (C=O) groups excluding carboxylic acids is 1. The minimum absolute atomic E-state index is 0.148. The number of carbonyl (C=O) groups is 1. The molecule has 2 rings (SSSR count). The maximum Gasteiger partial charge on any atom is 0.293 e. The van der Waals surface area contributed by atoms with Crippen molar-refractivity contribution in [3.05, 3.63) is 48.3 Å². The van der Waals surface area contributed by atoms with Gasteiger partial charge in [-0.05, 0) is 24.6 Å². The second kappa shape index (κ2) is 4.48. The summed E-state index contributed by atoms with van der Waals surface area (Å²) in [5, 5.41) is 2.65. The van der Waals surface area contributed by atoms with Crippen molar-refractivity contribution in [2.45, 2.75) is 6.92 Å². The first-order valence-corrected chi connectivity index (χ1v) is 4.76. The van der Waals surface area contributed by atoms with E-state index in [0.717, 1.165) is 5.56 Å². The number of hydrogen-bond acceptors (Lipinski definition) is 4. The third-order valence-electron chi connectivity index (χ3n) is 1.90. The van der Waals surface area contributed by atoms with E-state index >= 15 is 0 Å². The molecular formula is C11H10N4O. The van der Waals surface area contributed by atoms with Gasteiger partial charge in [0.1, 0.15) is 0 Å². The maximum absolute atomic E-state index is 11.7. The number of amides is 1. The Morgan fingerprint density at radius 1 is 1.25 bits per heavy atom. The van der Waals surface area contributed by atoms with Gasteiger partial charge >= 0.3 is 0 Å². The Kier molecular flexibility index (Phi) is 2.86. The zero-order valence-corrected chi connectivity index (χ0v) is 8.71. The number of anilines is 1. The normalized spacial score (nSPS) is 9.81. The van der Waals surface area contributed by atoms with Crippen LogP contribution in [0.2, 0.25) is 0 Å². The summed E-state index contributed by atoms with van der Waals surface area (Å²) < 4.78 is 0. The molecule has 0 aliphatic carbocycles. The lowest BCUT2D eigenvalue weighted by molar-refractivity contribution is 0.101. The predicted molar refractivity (Wildman–Crippen MR) is 59.0 cm³/mol. The molecule has 0 atom stereocenters. The van der Waals surface area contributed by atoms with E-state index in [0.29, 0.717) is 5.69 Å². The third-order valence-corrected chi connectivity index (χ3v) is 1.90. The Morgan fingerprint density at radius 2 is 2.00 bits per heavy atom. The molecule has 0 saturated heterocycles. The van der Waals surface area contributed by atoms with Crippen LogP contribution in [0.1, 0.15) is 16.2 Å². The summed E-state index contributed by atoms with van der Waals surface area (Å²) in [4.78, 5) is 23.4. The molecule has 0 bridgehead atoms. The van der Waals surface area contributed by atoms with E-state index in [4.69, 9.17) is 0 Å². The van der Waals surface area contributed by atoms with Crippen LogP contribution in [0.3, 0.4) is 0 Å². The highest BCUT2D eigenvalue weighted by molar-refractivity contribution is 6.01. The zero-order valence-electron chi connectivity index (χ0n) is 8.71. The second-order valence-corrected chi connectivity index (χ2v) is 3.28. The molecule has 5 nitrogen and oxygen atoms in total. The van der Waals surface area contributed by atoms with E-state index in [1.54, 1.807) is 36.9 Å². The van der Waals surface area contributed by atoms with E-state index in [1.807, 2.05) is 6.92 Å². The van der Waals surface area contributed by atoms with Crippen LogP contribution in [0.4, 0.5) is 5.69 Å². The summed E-state index contributed by atoms with van der Waals surface area (Å²) in [6.45, 7) is 1.86.